The molecule has 0 spiro atoms. The van der Waals surface area contributed by atoms with Crippen LogP contribution in [-0.2, 0) is 11.2 Å². The van der Waals surface area contributed by atoms with E-state index in [-0.39, 0.29) is 11.6 Å². The predicted molar refractivity (Wildman–Crippen MR) is 72.8 cm³/mol. The van der Waals surface area contributed by atoms with Crippen LogP contribution < -0.4 is 15.4 Å². The Morgan fingerprint density at radius 1 is 1.55 bits per heavy atom. The summed E-state index contributed by atoms with van der Waals surface area (Å²) in [6, 6.07) is 3.77. The molecule has 0 bridgehead atoms. The van der Waals surface area contributed by atoms with Crippen LogP contribution in [0.2, 0.25) is 0 Å². The minimum Gasteiger partial charge on any atom is -0.481 e. The maximum Gasteiger partial charge on any atom is 0.312 e. The van der Waals surface area contributed by atoms with E-state index in [4.69, 9.17) is 4.74 Å². The second kappa shape index (κ2) is 4.43. The Balaban J connectivity index is 1.79. The molecule has 0 saturated carbocycles. The average molecular weight is 277 g/mol. The monoisotopic (exact) mass is 277 g/mol. The van der Waals surface area contributed by atoms with E-state index in [1.54, 1.807) is 20.2 Å². The van der Waals surface area contributed by atoms with Gasteiger partial charge in [0.2, 0.25) is 5.88 Å². The van der Waals surface area contributed by atoms with E-state index < -0.39 is 11.4 Å². The SMILES string of the molecule is COc1ccc(CC23CNC2C(C)(C(=O)O)CN3)cn1. The second-order valence-corrected chi connectivity index (χ2v) is 5.93. The van der Waals surface area contributed by atoms with Gasteiger partial charge in [0, 0.05) is 31.4 Å². The van der Waals surface area contributed by atoms with Gasteiger partial charge in [-0.15, -0.1) is 0 Å². The second-order valence-electron chi connectivity index (χ2n) is 5.93. The van der Waals surface area contributed by atoms with Crippen molar-refractivity contribution in [1.29, 1.82) is 0 Å². The Morgan fingerprint density at radius 2 is 2.35 bits per heavy atom. The van der Waals surface area contributed by atoms with Crippen LogP contribution in [-0.4, -0.2) is 47.8 Å². The molecule has 6 heteroatoms. The van der Waals surface area contributed by atoms with E-state index in [1.807, 2.05) is 12.1 Å². The van der Waals surface area contributed by atoms with Crippen LogP contribution >= 0.6 is 0 Å². The molecule has 1 aromatic heterocycles. The summed E-state index contributed by atoms with van der Waals surface area (Å²) in [6.45, 7) is 3.07. The van der Waals surface area contributed by atoms with Gasteiger partial charge in [0.05, 0.1) is 18.1 Å². The summed E-state index contributed by atoms with van der Waals surface area (Å²) < 4.78 is 5.05. The fourth-order valence-corrected chi connectivity index (χ4v) is 3.34. The zero-order valence-electron chi connectivity index (χ0n) is 11.6. The van der Waals surface area contributed by atoms with Gasteiger partial charge < -0.3 is 20.5 Å². The van der Waals surface area contributed by atoms with Crippen LogP contribution in [0.15, 0.2) is 18.3 Å². The Morgan fingerprint density at radius 3 is 2.85 bits per heavy atom. The molecule has 3 heterocycles. The standard InChI is InChI=1S/C14H19N3O3/c1-13(12(18)19)7-17-14(8-16-11(13)14)5-9-3-4-10(20-2)15-6-9/h3-4,6,11,16-17H,5,7-8H2,1-2H3,(H,18,19). The number of nitrogens with one attached hydrogen (secondary N) is 2. The molecule has 6 nitrogen and oxygen atoms in total. The van der Waals surface area contributed by atoms with Crippen LogP contribution in [0.3, 0.4) is 0 Å². The first-order valence-electron chi connectivity index (χ1n) is 6.71. The quantitative estimate of drug-likeness (QED) is 0.720. The zero-order valence-corrected chi connectivity index (χ0v) is 11.6. The third-order valence-electron chi connectivity index (χ3n) is 4.63. The summed E-state index contributed by atoms with van der Waals surface area (Å²) in [5.74, 6) is -0.166. The molecule has 2 saturated heterocycles. The fourth-order valence-electron chi connectivity index (χ4n) is 3.34. The van der Waals surface area contributed by atoms with Gasteiger partial charge in [0.25, 0.3) is 0 Å². The number of hydrogen-bond acceptors (Lipinski definition) is 5. The van der Waals surface area contributed by atoms with Gasteiger partial charge in [-0.05, 0) is 18.9 Å². The molecule has 108 valence electrons. The molecule has 2 aliphatic heterocycles. The van der Waals surface area contributed by atoms with Crippen molar-refractivity contribution < 1.29 is 14.6 Å². The molecule has 3 N–H and O–H groups in total. The van der Waals surface area contributed by atoms with Gasteiger partial charge in [-0.25, -0.2) is 4.98 Å². The van der Waals surface area contributed by atoms with Crippen molar-refractivity contribution in [2.45, 2.75) is 24.9 Å². The van der Waals surface area contributed by atoms with Gasteiger partial charge in [-0.1, -0.05) is 6.07 Å². The lowest BCUT2D eigenvalue weighted by molar-refractivity contribution is -0.149. The number of carboxylic acid groups (broad SMARTS) is 1. The number of aliphatic carboxylic acids is 1. The Kier molecular flexibility index (Phi) is 2.95. The summed E-state index contributed by atoms with van der Waals surface area (Å²) in [6.07, 6.45) is 2.56. The molecule has 20 heavy (non-hydrogen) atoms. The number of fused-ring (bicyclic) bond motifs is 1. The Hall–Kier alpha value is -1.66. The predicted octanol–water partition coefficient (Wildman–Crippen LogP) is 0.0374. The highest BCUT2D eigenvalue weighted by Crippen LogP contribution is 2.42. The summed E-state index contributed by atoms with van der Waals surface area (Å²) in [7, 11) is 1.59. The molecule has 2 aliphatic rings. The third-order valence-corrected chi connectivity index (χ3v) is 4.63. The van der Waals surface area contributed by atoms with Crippen molar-refractivity contribution >= 4 is 5.97 Å². The highest BCUT2D eigenvalue weighted by molar-refractivity contribution is 5.77. The molecule has 0 radical (unpaired) electrons. The van der Waals surface area contributed by atoms with Crippen LogP contribution in [0.5, 0.6) is 5.88 Å². The van der Waals surface area contributed by atoms with Gasteiger partial charge in [-0.2, -0.15) is 0 Å². The van der Waals surface area contributed by atoms with Crippen molar-refractivity contribution in [3.05, 3.63) is 23.9 Å². The van der Waals surface area contributed by atoms with Crippen molar-refractivity contribution in [3.8, 4) is 5.88 Å². The molecule has 3 unspecified atom stereocenters. The Labute approximate surface area is 117 Å². The van der Waals surface area contributed by atoms with Crippen molar-refractivity contribution in [2.75, 3.05) is 20.2 Å². The maximum atomic E-state index is 11.5. The average Bonchev–Trinajstić information content (AvgIpc) is 2.61. The first kappa shape index (κ1) is 13.3. The number of aromatic nitrogens is 1. The minimum atomic E-state index is -0.753. The van der Waals surface area contributed by atoms with Gasteiger partial charge in [0.1, 0.15) is 0 Å². The van der Waals surface area contributed by atoms with E-state index >= 15 is 0 Å². The molecule has 0 amide bonds. The number of carboxylic acids is 1. The van der Waals surface area contributed by atoms with E-state index in [1.165, 1.54) is 0 Å². The molecule has 3 atom stereocenters. The number of pyridine rings is 1. The number of hydrogen-bond donors (Lipinski definition) is 3. The molecule has 1 aromatic rings. The number of methoxy groups -OCH3 is 1. The highest BCUT2D eigenvalue weighted by Gasteiger charge is 2.63. The molecule has 0 aromatic carbocycles. The molecular formula is C14H19N3O3. The van der Waals surface area contributed by atoms with Crippen LogP contribution in [0.4, 0.5) is 0 Å². The van der Waals surface area contributed by atoms with Crippen LogP contribution in [0, 0.1) is 5.41 Å². The first-order valence-corrected chi connectivity index (χ1v) is 6.71. The minimum absolute atomic E-state index is 0.0467. The molecular weight excluding hydrogens is 258 g/mol. The van der Waals surface area contributed by atoms with Crippen LogP contribution in [0.25, 0.3) is 0 Å². The maximum absolute atomic E-state index is 11.5. The van der Waals surface area contributed by atoms with Gasteiger partial charge >= 0.3 is 5.97 Å². The summed E-state index contributed by atoms with van der Waals surface area (Å²) >= 11 is 0. The summed E-state index contributed by atoms with van der Waals surface area (Å²) in [4.78, 5) is 15.7. The first-order chi connectivity index (χ1) is 9.50. The number of rotatable bonds is 4. The number of ether oxygens (including phenoxy) is 1. The largest absolute Gasteiger partial charge is 0.481 e. The van der Waals surface area contributed by atoms with Crippen LogP contribution in [0.1, 0.15) is 12.5 Å². The van der Waals surface area contributed by atoms with E-state index in [0.717, 1.165) is 18.5 Å². The Bertz CT molecular complexity index is 533. The smallest absolute Gasteiger partial charge is 0.312 e. The van der Waals surface area contributed by atoms with E-state index in [0.29, 0.717) is 12.4 Å². The fraction of sp³-hybridized carbons (Fsp3) is 0.571. The molecule has 3 rings (SSSR count). The summed E-state index contributed by atoms with van der Waals surface area (Å²) in [5.41, 5.74) is 0.154. The van der Waals surface area contributed by atoms with E-state index in [2.05, 4.69) is 15.6 Å². The van der Waals surface area contributed by atoms with Gasteiger partial charge in [-0.3, -0.25) is 4.79 Å². The zero-order chi connectivity index (χ0) is 14.4. The topological polar surface area (TPSA) is 83.5 Å². The van der Waals surface area contributed by atoms with Crippen molar-refractivity contribution in [3.63, 3.8) is 0 Å². The van der Waals surface area contributed by atoms with E-state index in [9.17, 15) is 9.90 Å². The lowest BCUT2D eigenvalue weighted by Crippen LogP contribution is -2.74. The van der Waals surface area contributed by atoms with Crippen molar-refractivity contribution in [2.24, 2.45) is 5.41 Å². The molecule has 2 fully saturated rings. The van der Waals surface area contributed by atoms with Crippen molar-refractivity contribution in [1.82, 2.24) is 15.6 Å². The summed E-state index contributed by atoms with van der Waals surface area (Å²) in [5, 5.41) is 16.1. The molecule has 0 aliphatic carbocycles. The number of carbonyl (C=O) groups is 1. The third kappa shape index (κ3) is 1.79. The normalized spacial score (nSPS) is 35.2. The highest BCUT2D eigenvalue weighted by atomic mass is 16.5. The lowest BCUT2D eigenvalue weighted by atomic mass is 9.69. The number of nitrogens with zero attached hydrogens (tertiary/aromatic N) is 1. The van der Waals surface area contributed by atoms with Gasteiger partial charge in [0.15, 0.2) is 0 Å². The lowest BCUT2D eigenvalue weighted by Gasteiger charge is -2.49.